The molecular weight excluding hydrogens is 402 g/mol. The Bertz CT molecular complexity index is 968. The number of carbonyl (C=O) groups excluding carboxylic acids is 2. The normalized spacial score (nSPS) is 13.9. The quantitative estimate of drug-likeness (QED) is 0.268. The summed E-state index contributed by atoms with van der Waals surface area (Å²) in [6.07, 6.45) is 4.08. The summed E-state index contributed by atoms with van der Waals surface area (Å²) in [6, 6.07) is 14.4. The molecule has 156 valence electrons. The van der Waals surface area contributed by atoms with E-state index in [0.29, 0.717) is 24.1 Å². The van der Waals surface area contributed by atoms with E-state index in [4.69, 9.17) is 5.11 Å². The highest BCUT2D eigenvalue weighted by molar-refractivity contribution is 8.03. The van der Waals surface area contributed by atoms with Crippen molar-refractivity contribution in [1.29, 1.82) is 0 Å². The van der Waals surface area contributed by atoms with Gasteiger partial charge in [-0.3, -0.25) is 9.59 Å². The maximum absolute atomic E-state index is 12.8. The first-order chi connectivity index (χ1) is 14.5. The van der Waals surface area contributed by atoms with Gasteiger partial charge in [0, 0.05) is 29.5 Å². The molecule has 1 N–H and O–H groups in total. The van der Waals surface area contributed by atoms with Gasteiger partial charge in [-0.1, -0.05) is 42.4 Å². The highest BCUT2D eigenvalue weighted by Gasteiger charge is 2.25. The van der Waals surface area contributed by atoms with Gasteiger partial charge in [0.25, 0.3) is 0 Å². The van der Waals surface area contributed by atoms with E-state index >= 15 is 0 Å². The highest BCUT2D eigenvalue weighted by atomic mass is 32.2. The zero-order chi connectivity index (χ0) is 21.5. The van der Waals surface area contributed by atoms with Gasteiger partial charge in [-0.2, -0.15) is 0 Å². The third kappa shape index (κ3) is 5.30. The number of aliphatic carboxylic acids is 1. The molecule has 30 heavy (non-hydrogen) atoms. The van der Waals surface area contributed by atoms with Crippen molar-refractivity contribution in [3.63, 3.8) is 0 Å². The van der Waals surface area contributed by atoms with Crippen LogP contribution < -0.4 is 4.90 Å². The van der Waals surface area contributed by atoms with Crippen molar-refractivity contribution in [2.75, 3.05) is 18.6 Å². The predicted octanol–water partition coefficient (Wildman–Crippen LogP) is 4.75. The molecule has 0 amide bonds. The summed E-state index contributed by atoms with van der Waals surface area (Å²) in [4.78, 5) is 38.2. The van der Waals surface area contributed by atoms with Crippen LogP contribution in [0.2, 0.25) is 0 Å². The average molecular weight is 426 g/mol. The van der Waals surface area contributed by atoms with E-state index in [1.165, 1.54) is 7.11 Å². The minimum absolute atomic E-state index is 0.141. The molecule has 0 atom stereocenters. The van der Waals surface area contributed by atoms with Gasteiger partial charge in [0.1, 0.15) is 0 Å². The van der Waals surface area contributed by atoms with E-state index in [9.17, 15) is 14.4 Å². The van der Waals surface area contributed by atoms with Gasteiger partial charge < -0.3 is 14.7 Å². The lowest BCUT2D eigenvalue weighted by atomic mass is 10.1. The maximum Gasteiger partial charge on any atom is 0.337 e. The van der Waals surface area contributed by atoms with Gasteiger partial charge in [0.05, 0.1) is 23.4 Å². The molecule has 0 radical (unpaired) electrons. The number of allylic oxidation sites excluding steroid dienone is 1. The predicted molar refractivity (Wildman–Crippen MR) is 116 cm³/mol. The number of benzene rings is 2. The number of rotatable bonds is 9. The summed E-state index contributed by atoms with van der Waals surface area (Å²) < 4.78 is 4.68. The molecule has 2 aromatic rings. The second-order valence-electron chi connectivity index (χ2n) is 6.84. The number of hydrogen-bond acceptors (Lipinski definition) is 6. The molecule has 0 fully saturated rings. The van der Waals surface area contributed by atoms with Gasteiger partial charge in [0.15, 0.2) is 5.78 Å². The average Bonchev–Trinajstić information content (AvgIpc) is 3.09. The number of anilines is 1. The number of ether oxygens (including phenoxy) is 1. The Morgan fingerprint density at radius 2 is 1.70 bits per heavy atom. The van der Waals surface area contributed by atoms with Crippen molar-refractivity contribution >= 4 is 35.2 Å². The number of esters is 1. The van der Waals surface area contributed by atoms with Crippen LogP contribution in [0.15, 0.2) is 64.5 Å². The number of unbranched alkanes of at least 4 members (excludes halogenated alkanes) is 2. The molecule has 0 spiro atoms. The summed E-state index contributed by atoms with van der Waals surface area (Å²) in [6.45, 7) is 0.712. The fourth-order valence-corrected chi connectivity index (χ4v) is 4.32. The molecule has 0 saturated heterocycles. The van der Waals surface area contributed by atoms with Crippen molar-refractivity contribution in [1.82, 2.24) is 0 Å². The minimum Gasteiger partial charge on any atom is -0.481 e. The first-order valence-electron chi connectivity index (χ1n) is 9.70. The Morgan fingerprint density at radius 3 is 2.40 bits per heavy atom. The number of carboxylic acid groups (broad SMARTS) is 1. The van der Waals surface area contributed by atoms with Crippen molar-refractivity contribution in [3.05, 3.63) is 70.8 Å². The fourth-order valence-electron chi connectivity index (χ4n) is 3.20. The molecule has 1 aliphatic heterocycles. The van der Waals surface area contributed by atoms with Crippen molar-refractivity contribution in [3.8, 4) is 0 Å². The van der Waals surface area contributed by atoms with E-state index in [-0.39, 0.29) is 12.2 Å². The second kappa shape index (κ2) is 10.1. The number of carbonyl (C=O) groups is 3. The maximum atomic E-state index is 12.8. The van der Waals surface area contributed by atoms with Gasteiger partial charge in [-0.15, -0.1) is 0 Å². The molecule has 1 aliphatic rings. The number of hydrogen-bond donors (Lipinski definition) is 1. The molecule has 3 rings (SSSR count). The largest absolute Gasteiger partial charge is 0.481 e. The van der Waals surface area contributed by atoms with Crippen LogP contribution in [0.25, 0.3) is 0 Å². The summed E-state index contributed by atoms with van der Waals surface area (Å²) in [5.41, 5.74) is 1.95. The minimum atomic E-state index is -0.776. The van der Waals surface area contributed by atoms with Crippen LogP contribution in [0.5, 0.6) is 0 Å². The van der Waals surface area contributed by atoms with Crippen LogP contribution in [0.1, 0.15) is 46.4 Å². The zero-order valence-corrected chi connectivity index (χ0v) is 17.5. The Morgan fingerprint density at radius 1 is 1.00 bits per heavy atom. The number of carboxylic acids is 1. The molecule has 0 saturated carbocycles. The Balaban J connectivity index is 1.73. The van der Waals surface area contributed by atoms with Crippen LogP contribution in [0, 0.1) is 0 Å². The third-order valence-electron chi connectivity index (χ3n) is 4.75. The van der Waals surface area contributed by atoms with Gasteiger partial charge >= 0.3 is 11.9 Å². The Kier molecular flexibility index (Phi) is 7.30. The zero-order valence-electron chi connectivity index (χ0n) is 16.7. The number of methoxy groups -OCH3 is 1. The fraction of sp³-hybridized carbons (Fsp3) is 0.261. The van der Waals surface area contributed by atoms with Crippen LogP contribution in [0.3, 0.4) is 0 Å². The molecule has 7 heteroatoms. The summed E-state index contributed by atoms with van der Waals surface area (Å²) in [5.74, 6) is -1.36. The van der Waals surface area contributed by atoms with Gasteiger partial charge in [-0.05, 0) is 37.1 Å². The van der Waals surface area contributed by atoms with E-state index < -0.39 is 11.9 Å². The van der Waals surface area contributed by atoms with Gasteiger partial charge in [-0.25, -0.2) is 4.79 Å². The third-order valence-corrected chi connectivity index (χ3v) is 5.87. The number of nitrogens with zero attached hydrogens (tertiary/aromatic N) is 1. The summed E-state index contributed by atoms with van der Waals surface area (Å²) in [7, 11) is 1.32. The van der Waals surface area contributed by atoms with E-state index in [1.54, 1.807) is 42.1 Å². The van der Waals surface area contributed by atoms with E-state index in [0.717, 1.165) is 28.5 Å². The number of ketones is 1. The smallest absolute Gasteiger partial charge is 0.337 e. The number of thioether (sulfide) groups is 1. The summed E-state index contributed by atoms with van der Waals surface area (Å²) in [5, 5.41) is 9.62. The lowest BCUT2D eigenvalue weighted by molar-refractivity contribution is -0.137. The Hall–Kier alpha value is -3.06. The van der Waals surface area contributed by atoms with Crippen LogP contribution in [-0.4, -0.2) is 36.5 Å². The van der Waals surface area contributed by atoms with Crippen LogP contribution in [-0.2, 0) is 9.53 Å². The molecule has 0 bridgehead atoms. The molecule has 0 unspecified atom stereocenters. The van der Waals surface area contributed by atoms with Crippen molar-refractivity contribution < 1.29 is 24.2 Å². The lowest BCUT2D eigenvalue weighted by Gasteiger charge is -2.20. The van der Waals surface area contributed by atoms with Crippen LogP contribution >= 0.6 is 11.8 Å². The lowest BCUT2D eigenvalue weighted by Crippen LogP contribution is -2.20. The van der Waals surface area contributed by atoms with Crippen LogP contribution in [0.4, 0.5) is 5.69 Å². The molecular formula is C23H23NO5S. The standard InChI is InChI=1S/C23H23NO5S/c1-29-23(28)17-12-10-16(11-13-17)19(25)15-21-24(14-6-2-3-9-22(26)27)18-7-4-5-8-20(18)30-21/h4-5,7-8,10-13,15H,2-3,6,9,14H2,1H3,(H,26,27)/b21-15+. The topological polar surface area (TPSA) is 83.9 Å². The monoisotopic (exact) mass is 425 g/mol. The second-order valence-corrected chi connectivity index (χ2v) is 7.90. The molecule has 2 aromatic carbocycles. The molecule has 6 nitrogen and oxygen atoms in total. The van der Waals surface area contributed by atoms with Crippen molar-refractivity contribution in [2.24, 2.45) is 0 Å². The molecule has 1 heterocycles. The first kappa shape index (κ1) is 21.6. The molecule has 0 aromatic heterocycles. The summed E-state index contributed by atoms with van der Waals surface area (Å²) >= 11 is 1.55. The van der Waals surface area contributed by atoms with Crippen molar-refractivity contribution in [2.45, 2.75) is 30.6 Å². The highest BCUT2D eigenvalue weighted by Crippen LogP contribution is 2.45. The number of fused-ring (bicyclic) bond motifs is 1. The first-order valence-corrected chi connectivity index (χ1v) is 10.5. The van der Waals surface area contributed by atoms with E-state index in [1.807, 2.05) is 24.3 Å². The van der Waals surface area contributed by atoms with Gasteiger partial charge in [0.2, 0.25) is 0 Å². The number of para-hydroxylation sites is 1. The Labute approximate surface area is 179 Å². The van der Waals surface area contributed by atoms with E-state index in [2.05, 4.69) is 9.64 Å². The SMILES string of the molecule is COC(=O)c1ccc(C(=O)/C=C2/Sc3ccccc3N2CCCCCC(=O)O)cc1. The molecule has 0 aliphatic carbocycles.